The van der Waals surface area contributed by atoms with Crippen LogP contribution in [0.25, 0.3) is 0 Å². The van der Waals surface area contributed by atoms with Gasteiger partial charge < -0.3 is 71.3 Å². The van der Waals surface area contributed by atoms with Crippen molar-refractivity contribution >= 4 is 23.7 Å². The number of hydrogen-bond acceptors (Lipinski definition) is 15. The van der Waals surface area contributed by atoms with E-state index in [1.807, 2.05) is 26.8 Å². The number of carboxylic acid groups (broad SMARTS) is 3. The number of ketones is 1. The number of nitrogens with two attached hydrogens (primary N) is 2. The van der Waals surface area contributed by atoms with Gasteiger partial charge in [0.25, 0.3) is 0 Å². The summed E-state index contributed by atoms with van der Waals surface area (Å²) in [5, 5.41) is 83.0. The molecule has 0 aromatic heterocycles. The summed E-state index contributed by atoms with van der Waals surface area (Å²) in [5.74, 6) is -4.47. The highest BCUT2D eigenvalue weighted by atomic mass is 16.8. The van der Waals surface area contributed by atoms with Crippen LogP contribution in [0.2, 0.25) is 0 Å². The molecule has 5 aliphatic carbocycles. The third-order valence-corrected chi connectivity index (χ3v) is 17.9. The largest absolute Gasteiger partial charge is 0.481 e. The smallest absolute Gasteiger partial charge is 0.335 e. The number of ether oxygens (including phenoxy) is 4. The predicted octanol–water partition coefficient (Wildman–Crippen LogP) is 1.93. The molecule has 0 amide bonds. The molecule has 2 heterocycles. The maximum absolute atomic E-state index is 14.8. The van der Waals surface area contributed by atoms with E-state index in [4.69, 9.17) is 30.4 Å². The summed E-state index contributed by atoms with van der Waals surface area (Å²) < 4.78 is 23.4. The molecule has 19 unspecified atom stereocenters. The molecule has 6 fully saturated rings. The summed E-state index contributed by atoms with van der Waals surface area (Å²) in [6.07, 6.45) is -10.1. The zero-order chi connectivity index (χ0) is 47.7. The standard InChI is InChI=1S/C42H62O16.C4H12N2/c1-37(2)21-8-11-42(7)31(20(43)16-18-19-17-39(4,36(53)54)13-12-38(19,3)14-15-41(18,42)6)40(21,5)10-9-22(37)55-35-30(26(47)25(46)29(57-35)33(51)52)58-34-27(48)23(44)24(45)28(56-34)32(49)50;5-3-1-2-4-6/h16,19,21-31,34-35,44-48H,8-15,17H2,1-7H3,(H,49,50)(H,51,52)(H,53,54);1-6H2. The van der Waals surface area contributed by atoms with Gasteiger partial charge in [0.05, 0.1) is 11.5 Å². The monoisotopic (exact) mass is 911 g/mol. The number of aliphatic hydroxyl groups excluding tert-OH is 5. The minimum absolute atomic E-state index is 0.0217. The minimum atomic E-state index is -2.05. The van der Waals surface area contributed by atoms with E-state index in [-0.39, 0.29) is 34.4 Å². The van der Waals surface area contributed by atoms with Gasteiger partial charge in [0.2, 0.25) is 0 Å². The van der Waals surface area contributed by atoms with Crippen LogP contribution in [0.15, 0.2) is 11.6 Å². The van der Waals surface area contributed by atoms with Crippen molar-refractivity contribution in [2.45, 2.75) is 187 Å². The Hall–Kier alpha value is -2.62. The maximum atomic E-state index is 14.8. The highest BCUT2D eigenvalue weighted by molar-refractivity contribution is 5.95. The predicted molar refractivity (Wildman–Crippen MR) is 227 cm³/mol. The van der Waals surface area contributed by atoms with E-state index in [9.17, 15) is 60.0 Å². The molecular weight excluding hydrogens is 837 g/mol. The van der Waals surface area contributed by atoms with E-state index in [1.54, 1.807) is 0 Å². The Morgan fingerprint density at radius 1 is 0.703 bits per heavy atom. The molecule has 364 valence electrons. The summed E-state index contributed by atoms with van der Waals surface area (Å²) in [4.78, 5) is 51.3. The lowest BCUT2D eigenvalue weighted by Crippen LogP contribution is -2.68. The fraction of sp³-hybridized carbons (Fsp3) is 0.870. The van der Waals surface area contributed by atoms with Crippen LogP contribution in [-0.4, -0.2) is 145 Å². The van der Waals surface area contributed by atoms with E-state index in [1.165, 1.54) is 0 Å². The number of unbranched alkanes of at least 4 members (excludes halogenated alkanes) is 1. The SMILES string of the molecule is CC1(C(=O)O)CCC2(C)CCC3(C)C(=CC(=O)C4C5(C)CCC(OC6OC(C(=O)O)C(O)C(O)C6OC6OC(C(=O)O)C(O)C(O)C6O)C(C)(C)C5CCC43C)C2C1.NCCCCN. The van der Waals surface area contributed by atoms with Crippen molar-refractivity contribution in [3.05, 3.63) is 11.6 Å². The Balaban J connectivity index is 0.00000106. The number of hydrogen-bond donors (Lipinski definition) is 10. The van der Waals surface area contributed by atoms with Crippen molar-refractivity contribution in [2.24, 2.45) is 61.7 Å². The average Bonchev–Trinajstić information content (AvgIpc) is 3.21. The van der Waals surface area contributed by atoms with Gasteiger partial charge >= 0.3 is 17.9 Å². The number of carbonyl (C=O) groups excluding carboxylic acids is 1. The van der Waals surface area contributed by atoms with Crippen molar-refractivity contribution in [2.75, 3.05) is 13.1 Å². The Kier molecular flexibility index (Phi) is 14.4. The number of rotatable bonds is 10. The van der Waals surface area contributed by atoms with Crippen LogP contribution >= 0.6 is 0 Å². The molecule has 18 heteroatoms. The van der Waals surface area contributed by atoms with Crippen LogP contribution in [0.1, 0.15) is 119 Å². The molecule has 7 rings (SSSR count). The van der Waals surface area contributed by atoms with Crippen molar-refractivity contribution in [3.8, 4) is 0 Å². The summed E-state index contributed by atoms with van der Waals surface area (Å²) in [6, 6.07) is 0. The maximum Gasteiger partial charge on any atom is 0.335 e. The molecule has 0 spiro atoms. The Morgan fingerprint density at radius 3 is 1.83 bits per heavy atom. The van der Waals surface area contributed by atoms with Gasteiger partial charge in [0.1, 0.15) is 36.6 Å². The molecule has 18 nitrogen and oxygen atoms in total. The van der Waals surface area contributed by atoms with Crippen LogP contribution < -0.4 is 11.5 Å². The lowest BCUT2D eigenvalue weighted by atomic mass is 9.33. The quantitative estimate of drug-likeness (QED) is 0.111. The number of carboxylic acids is 3. The van der Waals surface area contributed by atoms with E-state index < -0.39 is 107 Å². The van der Waals surface area contributed by atoms with Gasteiger partial charge in [-0.3, -0.25) is 9.59 Å². The highest BCUT2D eigenvalue weighted by Gasteiger charge is 2.71. The molecular formula is C46H74N2O16. The normalized spacial score (nSPS) is 48.5. The number of allylic oxidation sites excluding steroid dienone is 2. The Bertz CT molecular complexity index is 1810. The summed E-state index contributed by atoms with van der Waals surface area (Å²) in [5.41, 5.74) is 8.51. The lowest BCUT2D eigenvalue weighted by molar-refractivity contribution is -0.371. The summed E-state index contributed by atoms with van der Waals surface area (Å²) in [6.45, 7) is 16.4. The Labute approximate surface area is 375 Å². The first-order valence-corrected chi connectivity index (χ1v) is 23.1. The molecule has 0 aromatic rings. The third-order valence-electron chi connectivity index (χ3n) is 17.9. The van der Waals surface area contributed by atoms with E-state index >= 15 is 0 Å². The van der Waals surface area contributed by atoms with Crippen molar-refractivity contribution in [1.29, 1.82) is 0 Å². The molecule has 2 aliphatic heterocycles. The number of carbonyl (C=O) groups is 4. The molecule has 19 atom stereocenters. The van der Waals surface area contributed by atoms with E-state index in [0.717, 1.165) is 63.6 Å². The van der Waals surface area contributed by atoms with Crippen LogP contribution in [0.5, 0.6) is 0 Å². The average molecular weight is 911 g/mol. The molecule has 2 saturated heterocycles. The van der Waals surface area contributed by atoms with Gasteiger partial charge in [-0.25, -0.2) is 9.59 Å². The second-order valence-corrected chi connectivity index (χ2v) is 21.9. The summed E-state index contributed by atoms with van der Waals surface area (Å²) in [7, 11) is 0. The van der Waals surface area contributed by atoms with E-state index in [0.29, 0.717) is 25.7 Å². The first-order valence-electron chi connectivity index (χ1n) is 23.1. The van der Waals surface area contributed by atoms with Crippen molar-refractivity contribution in [3.63, 3.8) is 0 Å². The van der Waals surface area contributed by atoms with E-state index in [2.05, 4.69) is 27.7 Å². The zero-order valence-electron chi connectivity index (χ0n) is 38.4. The van der Waals surface area contributed by atoms with Gasteiger partial charge in [-0.15, -0.1) is 0 Å². The third kappa shape index (κ3) is 8.28. The molecule has 12 N–H and O–H groups in total. The number of fused-ring (bicyclic) bond motifs is 7. The molecule has 64 heavy (non-hydrogen) atoms. The highest BCUT2D eigenvalue weighted by Crippen LogP contribution is 2.75. The van der Waals surface area contributed by atoms with Crippen molar-refractivity contribution < 1.29 is 79.0 Å². The van der Waals surface area contributed by atoms with Crippen LogP contribution in [0, 0.1) is 50.2 Å². The molecule has 0 aromatic carbocycles. The van der Waals surface area contributed by atoms with Crippen LogP contribution in [0.4, 0.5) is 0 Å². The topological polar surface area (TPSA) is 319 Å². The first kappa shape index (κ1) is 50.8. The van der Waals surface area contributed by atoms with Crippen LogP contribution in [-0.2, 0) is 38.1 Å². The first-order chi connectivity index (χ1) is 29.7. The molecule has 4 saturated carbocycles. The van der Waals surface area contributed by atoms with Crippen LogP contribution in [0.3, 0.4) is 0 Å². The molecule has 0 radical (unpaired) electrons. The van der Waals surface area contributed by atoms with Gasteiger partial charge in [0.15, 0.2) is 30.6 Å². The fourth-order valence-corrected chi connectivity index (χ4v) is 13.7. The second kappa shape index (κ2) is 18.1. The molecule has 0 bridgehead atoms. The second-order valence-electron chi connectivity index (χ2n) is 21.9. The van der Waals surface area contributed by atoms with Gasteiger partial charge in [-0.2, -0.15) is 0 Å². The van der Waals surface area contributed by atoms with Gasteiger partial charge in [-0.05, 0) is 136 Å². The minimum Gasteiger partial charge on any atom is -0.481 e. The summed E-state index contributed by atoms with van der Waals surface area (Å²) >= 11 is 0. The lowest BCUT2D eigenvalue weighted by Gasteiger charge is -2.70. The van der Waals surface area contributed by atoms with Gasteiger partial charge in [0, 0.05) is 5.92 Å². The molecule has 7 aliphatic rings. The Morgan fingerprint density at radius 2 is 1.27 bits per heavy atom. The van der Waals surface area contributed by atoms with Gasteiger partial charge in [-0.1, -0.05) is 47.1 Å². The zero-order valence-corrected chi connectivity index (χ0v) is 38.4. The fourth-order valence-electron chi connectivity index (χ4n) is 13.7. The number of aliphatic carboxylic acids is 3. The van der Waals surface area contributed by atoms with Crippen molar-refractivity contribution in [1.82, 2.24) is 0 Å². The number of aliphatic hydroxyl groups is 5.